The van der Waals surface area contributed by atoms with Crippen LogP contribution in [-0.2, 0) is 19.5 Å². The summed E-state index contributed by atoms with van der Waals surface area (Å²) in [5.74, 6) is -0.108. The van der Waals surface area contributed by atoms with Gasteiger partial charge in [0.1, 0.15) is 0 Å². The van der Waals surface area contributed by atoms with Gasteiger partial charge in [0.25, 0.3) is 5.91 Å². The Morgan fingerprint density at radius 2 is 1.54 bits per heavy atom. The van der Waals surface area contributed by atoms with Crippen LogP contribution < -0.4 is 10.2 Å². The second kappa shape index (κ2) is 10.1. The lowest BCUT2D eigenvalue weighted by Gasteiger charge is -2.30. The van der Waals surface area contributed by atoms with Crippen LogP contribution in [0.2, 0.25) is 0 Å². The van der Waals surface area contributed by atoms with Crippen molar-refractivity contribution in [3.8, 4) is 16.9 Å². The predicted octanol–water partition coefficient (Wildman–Crippen LogP) is 5.43. The van der Waals surface area contributed by atoms with E-state index in [9.17, 15) is 4.79 Å². The number of hydrogen-bond acceptors (Lipinski definition) is 4. The van der Waals surface area contributed by atoms with Gasteiger partial charge in [-0.05, 0) is 66.1 Å². The van der Waals surface area contributed by atoms with E-state index in [4.69, 9.17) is 5.10 Å². The average molecular weight is 486 g/mol. The summed E-state index contributed by atoms with van der Waals surface area (Å²) in [6.07, 6.45) is 6.51. The minimum atomic E-state index is -0.108. The number of anilines is 1. The molecule has 0 radical (unpaired) electrons. The average Bonchev–Trinajstić information content (AvgIpc) is 3.41. The minimum absolute atomic E-state index is 0.108. The van der Waals surface area contributed by atoms with Gasteiger partial charge in [-0.2, -0.15) is 5.10 Å². The SMILES string of the molecule is O=C(NCc1cn(-c2ccccc2)nc1-c1ccncc1)c1ccc(N2CCc3ccccc3C2)cc1. The fraction of sp³-hybridized carbons (Fsp3) is 0.129. The maximum absolute atomic E-state index is 13.0. The van der Waals surface area contributed by atoms with Gasteiger partial charge in [-0.3, -0.25) is 9.78 Å². The molecule has 1 aliphatic heterocycles. The molecule has 0 saturated heterocycles. The number of pyridine rings is 1. The van der Waals surface area contributed by atoms with Gasteiger partial charge in [0, 0.05) is 60.6 Å². The van der Waals surface area contributed by atoms with E-state index in [0.29, 0.717) is 12.1 Å². The smallest absolute Gasteiger partial charge is 0.251 e. The van der Waals surface area contributed by atoms with E-state index in [2.05, 4.69) is 39.5 Å². The molecule has 6 rings (SSSR count). The van der Waals surface area contributed by atoms with Crippen molar-refractivity contribution in [1.82, 2.24) is 20.1 Å². The largest absolute Gasteiger partial charge is 0.367 e. The first-order valence-corrected chi connectivity index (χ1v) is 12.5. The molecule has 1 N–H and O–H groups in total. The number of nitrogens with one attached hydrogen (secondary N) is 1. The lowest BCUT2D eigenvalue weighted by Crippen LogP contribution is -2.30. The van der Waals surface area contributed by atoms with Crippen LogP contribution in [0.5, 0.6) is 0 Å². The monoisotopic (exact) mass is 485 g/mol. The van der Waals surface area contributed by atoms with E-state index < -0.39 is 0 Å². The zero-order valence-corrected chi connectivity index (χ0v) is 20.4. The van der Waals surface area contributed by atoms with Crippen LogP contribution in [-0.4, -0.2) is 27.2 Å². The third-order valence-electron chi connectivity index (χ3n) is 6.83. The Kier molecular flexibility index (Phi) is 6.21. The van der Waals surface area contributed by atoms with Crippen LogP contribution in [0, 0.1) is 0 Å². The lowest BCUT2D eigenvalue weighted by molar-refractivity contribution is 0.0951. The second-order valence-corrected chi connectivity index (χ2v) is 9.19. The van der Waals surface area contributed by atoms with Gasteiger partial charge in [-0.1, -0.05) is 42.5 Å². The normalized spacial score (nSPS) is 12.7. The molecule has 0 spiro atoms. The van der Waals surface area contributed by atoms with Gasteiger partial charge in [0.05, 0.1) is 11.4 Å². The molecule has 3 aromatic carbocycles. The first-order valence-electron chi connectivity index (χ1n) is 12.5. The van der Waals surface area contributed by atoms with E-state index in [1.54, 1.807) is 12.4 Å². The molecule has 3 heterocycles. The number of carbonyl (C=O) groups is 1. The summed E-state index contributed by atoms with van der Waals surface area (Å²) in [6, 6.07) is 30.3. The molecule has 182 valence electrons. The lowest BCUT2D eigenvalue weighted by atomic mass is 9.99. The van der Waals surface area contributed by atoms with Gasteiger partial charge < -0.3 is 10.2 Å². The van der Waals surface area contributed by atoms with Crippen LogP contribution >= 0.6 is 0 Å². The molecule has 0 aliphatic carbocycles. The van der Waals surface area contributed by atoms with Crippen molar-refractivity contribution in [2.75, 3.05) is 11.4 Å². The van der Waals surface area contributed by atoms with Crippen molar-refractivity contribution >= 4 is 11.6 Å². The van der Waals surface area contributed by atoms with Crippen LogP contribution in [0.3, 0.4) is 0 Å². The number of benzene rings is 3. The summed E-state index contributed by atoms with van der Waals surface area (Å²) in [5, 5.41) is 7.89. The summed E-state index contributed by atoms with van der Waals surface area (Å²) < 4.78 is 1.85. The standard InChI is InChI=1S/C31H27N5O/c37-31(25-10-12-28(13-11-25)35-19-16-23-6-4-5-7-26(23)21-35)33-20-27-22-36(29-8-2-1-3-9-29)34-30(27)24-14-17-32-18-15-24/h1-15,17-18,22H,16,19-21H2,(H,33,37). The van der Waals surface area contributed by atoms with E-state index in [1.165, 1.54) is 11.1 Å². The van der Waals surface area contributed by atoms with Crippen molar-refractivity contribution in [2.24, 2.45) is 0 Å². The molecule has 5 aromatic rings. The van der Waals surface area contributed by atoms with E-state index >= 15 is 0 Å². The Balaban J connectivity index is 1.17. The molecule has 0 saturated carbocycles. The van der Waals surface area contributed by atoms with Crippen LogP contribution in [0.1, 0.15) is 27.0 Å². The summed E-state index contributed by atoms with van der Waals surface area (Å²) in [6.45, 7) is 2.24. The van der Waals surface area contributed by atoms with Gasteiger partial charge in [-0.25, -0.2) is 4.68 Å². The molecule has 37 heavy (non-hydrogen) atoms. The molecule has 0 atom stereocenters. The van der Waals surface area contributed by atoms with Crippen molar-refractivity contribution in [1.29, 1.82) is 0 Å². The maximum Gasteiger partial charge on any atom is 0.251 e. The van der Waals surface area contributed by atoms with Gasteiger partial charge >= 0.3 is 0 Å². The molecule has 0 fully saturated rings. The number of carbonyl (C=O) groups excluding carboxylic acids is 1. The zero-order chi connectivity index (χ0) is 25.0. The molecule has 2 aromatic heterocycles. The summed E-state index contributed by atoms with van der Waals surface area (Å²) in [4.78, 5) is 19.5. The highest BCUT2D eigenvalue weighted by Crippen LogP contribution is 2.26. The van der Waals surface area contributed by atoms with Gasteiger partial charge in [0.15, 0.2) is 0 Å². The number of fused-ring (bicyclic) bond motifs is 1. The Labute approximate surface area is 216 Å². The minimum Gasteiger partial charge on any atom is -0.367 e. The highest BCUT2D eigenvalue weighted by molar-refractivity contribution is 5.94. The second-order valence-electron chi connectivity index (χ2n) is 9.19. The van der Waals surface area contributed by atoms with Gasteiger partial charge in [0.2, 0.25) is 0 Å². The van der Waals surface area contributed by atoms with Crippen molar-refractivity contribution < 1.29 is 4.79 Å². The third kappa shape index (κ3) is 4.86. The molecule has 0 bridgehead atoms. The summed E-state index contributed by atoms with van der Waals surface area (Å²) >= 11 is 0. The van der Waals surface area contributed by atoms with E-state index in [1.807, 2.05) is 77.6 Å². The number of aromatic nitrogens is 3. The zero-order valence-electron chi connectivity index (χ0n) is 20.4. The maximum atomic E-state index is 13.0. The van der Waals surface area contributed by atoms with E-state index in [-0.39, 0.29) is 5.91 Å². The fourth-order valence-corrected chi connectivity index (χ4v) is 4.82. The molecular formula is C31H27N5O. The summed E-state index contributed by atoms with van der Waals surface area (Å²) in [7, 11) is 0. The number of nitrogens with zero attached hydrogens (tertiary/aromatic N) is 4. The molecule has 6 heteroatoms. The Morgan fingerprint density at radius 3 is 2.32 bits per heavy atom. The highest BCUT2D eigenvalue weighted by atomic mass is 16.1. The Morgan fingerprint density at radius 1 is 0.811 bits per heavy atom. The quantitative estimate of drug-likeness (QED) is 0.349. The molecule has 6 nitrogen and oxygen atoms in total. The van der Waals surface area contributed by atoms with Crippen molar-refractivity contribution in [3.63, 3.8) is 0 Å². The van der Waals surface area contributed by atoms with Crippen molar-refractivity contribution in [2.45, 2.75) is 19.5 Å². The fourth-order valence-electron chi connectivity index (χ4n) is 4.82. The number of hydrogen-bond donors (Lipinski definition) is 1. The number of amides is 1. The van der Waals surface area contributed by atoms with E-state index in [0.717, 1.165) is 47.7 Å². The molecule has 1 aliphatic rings. The third-order valence-corrected chi connectivity index (χ3v) is 6.83. The van der Waals surface area contributed by atoms with Crippen LogP contribution in [0.4, 0.5) is 5.69 Å². The van der Waals surface area contributed by atoms with Crippen LogP contribution in [0.25, 0.3) is 16.9 Å². The molecule has 0 unspecified atom stereocenters. The first kappa shape index (κ1) is 22.7. The molecular weight excluding hydrogens is 458 g/mol. The number of rotatable bonds is 6. The highest BCUT2D eigenvalue weighted by Gasteiger charge is 2.17. The summed E-state index contributed by atoms with van der Waals surface area (Å²) in [5.41, 5.74) is 8.26. The number of para-hydroxylation sites is 1. The predicted molar refractivity (Wildman–Crippen MR) is 146 cm³/mol. The Hall–Kier alpha value is -4.71. The van der Waals surface area contributed by atoms with Crippen molar-refractivity contribution in [3.05, 3.63) is 132 Å². The van der Waals surface area contributed by atoms with Gasteiger partial charge in [-0.15, -0.1) is 0 Å². The first-order chi connectivity index (χ1) is 18.2. The molecule has 1 amide bonds. The van der Waals surface area contributed by atoms with Crippen LogP contribution in [0.15, 0.2) is 110 Å². The Bertz CT molecular complexity index is 1510. The topological polar surface area (TPSA) is 63.1 Å².